The van der Waals surface area contributed by atoms with Gasteiger partial charge in [-0.2, -0.15) is 0 Å². The monoisotopic (exact) mass is 394 g/mol. The van der Waals surface area contributed by atoms with Gasteiger partial charge >= 0.3 is 0 Å². The number of hydrogen-bond acceptors (Lipinski definition) is 4. The second kappa shape index (κ2) is 10.3. The molecule has 1 aliphatic rings. The van der Waals surface area contributed by atoms with Gasteiger partial charge < -0.3 is 10.1 Å². The van der Waals surface area contributed by atoms with Gasteiger partial charge in [0, 0.05) is 19.5 Å². The Balaban J connectivity index is 1.83. The Kier molecular flexibility index (Phi) is 8.16. The van der Waals surface area contributed by atoms with E-state index < -0.39 is 10.0 Å². The van der Waals surface area contributed by atoms with Crippen molar-refractivity contribution >= 4 is 21.6 Å². The molecular formula is C20H30N2O4S. The van der Waals surface area contributed by atoms with Crippen LogP contribution in [0.2, 0.25) is 0 Å². The molecule has 0 fully saturated rings. The molecule has 0 atom stereocenters. The van der Waals surface area contributed by atoms with E-state index in [2.05, 4.69) is 11.4 Å². The van der Waals surface area contributed by atoms with Crippen LogP contribution >= 0.6 is 0 Å². The summed E-state index contributed by atoms with van der Waals surface area (Å²) in [4.78, 5) is 12.1. The number of sulfonamides is 1. The fourth-order valence-electron chi connectivity index (χ4n) is 3.27. The topological polar surface area (TPSA) is 75.7 Å². The smallest absolute Gasteiger partial charge is 0.232 e. The van der Waals surface area contributed by atoms with E-state index in [1.165, 1.54) is 29.8 Å². The van der Waals surface area contributed by atoms with Gasteiger partial charge in [0.05, 0.1) is 19.1 Å². The zero-order valence-electron chi connectivity index (χ0n) is 16.2. The molecule has 0 saturated heterocycles. The van der Waals surface area contributed by atoms with Crippen molar-refractivity contribution in [2.24, 2.45) is 0 Å². The van der Waals surface area contributed by atoms with Gasteiger partial charge in [-0.1, -0.05) is 23.8 Å². The number of methoxy groups -OCH3 is 1. The Bertz CT molecular complexity index is 759. The highest BCUT2D eigenvalue weighted by Crippen LogP contribution is 2.29. The molecule has 1 aromatic carbocycles. The lowest BCUT2D eigenvalue weighted by Gasteiger charge is -2.24. The Hall–Kier alpha value is -2.02. The van der Waals surface area contributed by atoms with Gasteiger partial charge in [-0.05, 0) is 50.7 Å². The number of hydrogen-bond donors (Lipinski definition) is 1. The van der Waals surface area contributed by atoms with E-state index in [0.29, 0.717) is 30.8 Å². The third-order valence-corrected chi connectivity index (χ3v) is 5.85. The summed E-state index contributed by atoms with van der Waals surface area (Å²) in [5, 5.41) is 2.93. The molecule has 0 aromatic heterocycles. The van der Waals surface area contributed by atoms with Crippen LogP contribution in [-0.2, 0) is 14.8 Å². The number of benzene rings is 1. The largest absolute Gasteiger partial charge is 0.495 e. The van der Waals surface area contributed by atoms with Crippen LogP contribution in [-0.4, -0.2) is 40.8 Å². The molecule has 7 heteroatoms. The quantitative estimate of drug-likeness (QED) is 0.618. The van der Waals surface area contributed by atoms with Crippen LogP contribution in [0, 0.1) is 0 Å². The number of rotatable bonds is 10. The molecule has 6 nitrogen and oxygen atoms in total. The highest BCUT2D eigenvalue weighted by atomic mass is 32.2. The van der Waals surface area contributed by atoms with Crippen molar-refractivity contribution in [2.45, 2.75) is 44.9 Å². The SMILES string of the molecule is COc1ccccc1N(CCCC(=O)NCCC1=CCCCC1)S(C)(=O)=O. The summed E-state index contributed by atoms with van der Waals surface area (Å²) < 4.78 is 30.9. The maximum Gasteiger partial charge on any atom is 0.232 e. The summed E-state index contributed by atoms with van der Waals surface area (Å²) in [6, 6.07) is 6.98. The van der Waals surface area contributed by atoms with E-state index in [1.807, 2.05) is 0 Å². The zero-order valence-corrected chi connectivity index (χ0v) is 17.1. The van der Waals surface area contributed by atoms with Gasteiger partial charge in [0.25, 0.3) is 0 Å². The fraction of sp³-hybridized carbons (Fsp3) is 0.550. The first-order valence-electron chi connectivity index (χ1n) is 9.47. The molecule has 1 amide bonds. The van der Waals surface area contributed by atoms with Crippen LogP contribution in [0.15, 0.2) is 35.9 Å². The van der Waals surface area contributed by atoms with Gasteiger partial charge in [-0.15, -0.1) is 0 Å². The van der Waals surface area contributed by atoms with Crippen LogP contribution in [0.25, 0.3) is 0 Å². The second-order valence-electron chi connectivity index (χ2n) is 6.82. The van der Waals surface area contributed by atoms with Crippen LogP contribution in [0.3, 0.4) is 0 Å². The minimum absolute atomic E-state index is 0.0418. The Morgan fingerprint density at radius 1 is 1.26 bits per heavy atom. The lowest BCUT2D eigenvalue weighted by atomic mass is 9.97. The minimum atomic E-state index is -3.47. The van der Waals surface area contributed by atoms with Gasteiger partial charge in [0.1, 0.15) is 5.75 Å². The number of nitrogens with one attached hydrogen (secondary N) is 1. The summed E-state index contributed by atoms with van der Waals surface area (Å²) in [6.45, 7) is 0.880. The highest BCUT2D eigenvalue weighted by Gasteiger charge is 2.20. The summed E-state index contributed by atoms with van der Waals surface area (Å²) in [5.74, 6) is 0.452. The Morgan fingerprint density at radius 2 is 2.04 bits per heavy atom. The van der Waals surface area contributed by atoms with E-state index >= 15 is 0 Å². The lowest BCUT2D eigenvalue weighted by Crippen LogP contribution is -2.32. The Labute approximate surface area is 162 Å². The molecule has 0 heterocycles. The predicted octanol–water partition coefficient (Wildman–Crippen LogP) is 3.25. The average Bonchev–Trinajstić information content (AvgIpc) is 2.65. The fourth-order valence-corrected chi connectivity index (χ4v) is 4.24. The van der Waals surface area contributed by atoms with Crippen molar-refractivity contribution in [1.29, 1.82) is 0 Å². The van der Waals surface area contributed by atoms with Crippen molar-refractivity contribution in [3.05, 3.63) is 35.9 Å². The molecule has 1 N–H and O–H groups in total. The van der Waals surface area contributed by atoms with Crippen LogP contribution in [0.5, 0.6) is 5.75 Å². The molecule has 1 aliphatic carbocycles. The first-order chi connectivity index (χ1) is 12.9. The molecule has 0 saturated carbocycles. The van der Waals surface area contributed by atoms with Crippen molar-refractivity contribution in [1.82, 2.24) is 5.32 Å². The molecule has 2 rings (SSSR count). The van der Waals surface area contributed by atoms with E-state index in [4.69, 9.17) is 4.74 Å². The van der Waals surface area contributed by atoms with Crippen molar-refractivity contribution in [3.8, 4) is 5.75 Å². The number of nitrogens with zero attached hydrogens (tertiary/aromatic N) is 1. The Morgan fingerprint density at radius 3 is 2.70 bits per heavy atom. The lowest BCUT2D eigenvalue weighted by molar-refractivity contribution is -0.121. The third-order valence-electron chi connectivity index (χ3n) is 4.67. The molecule has 27 heavy (non-hydrogen) atoms. The van der Waals surface area contributed by atoms with Crippen LogP contribution in [0.4, 0.5) is 5.69 Å². The zero-order chi connectivity index (χ0) is 19.7. The van der Waals surface area contributed by atoms with Gasteiger partial charge in [-0.25, -0.2) is 8.42 Å². The standard InChI is InChI=1S/C20H30N2O4S/c1-26-19-12-7-6-11-18(19)22(27(2,24)25)16-8-13-20(23)21-15-14-17-9-4-3-5-10-17/h6-7,9,11-12H,3-5,8,10,13-16H2,1-2H3,(H,21,23). The summed E-state index contributed by atoms with van der Waals surface area (Å²) in [7, 11) is -1.96. The van der Waals surface area contributed by atoms with Crippen molar-refractivity contribution in [2.75, 3.05) is 30.8 Å². The number of para-hydroxylation sites is 2. The van der Waals surface area contributed by atoms with Crippen molar-refractivity contribution < 1.29 is 17.9 Å². The first-order valence-corrected chi connectivity index (χ1v) is 11.3. The third kappa shape index (κ3) is 6.90. The second-order valence-corrected chi connectivity index (χ2v) is 8.73. The van der Waals surface area contributed by atoms with Crippen LogP contribution in [0.1, 0.15) is 44.9 Å². The maximum atomic E-state index is 12.2. The average molecular weight is 395 g/mol. The molecular weight excluding hydrogens is 364 g/mol. The minimum Gasteiger partial charge on any atom is -0.495 e. The number of anilines is 1. The van der Waals surface area contributed by atoms with Gasteiger partial charge in [0.15, 0.2) is 0 Å². The first kappa shape index (κ1) is 21.3. The summed E-state index contributed by atoms with van der Waals surface area (Å²) >= 11 is 0. The molecule has 0 radical (unpaired) electrons. The maximum absolute atomic E-state index is 12.2. The number of amides is 1. The normalized spacial score (nSPS) is 14.4. The van der Waals surface area contributed by atoms with E-state index in [9.17, 15) is 13.2 Å². The number of allylic oxidation sites excluding steroid dienone is 1. The number of ether oxygens (including phenoxy) is 1. The molecule has 150 valence electrons. The molecule has 1 aromatic rings. The molecule has 0 spiro atoms. The number of carbonyl (C=O) groups excluding carboxylic acids is 1. The molecule has 0 bridgehead atoms. The molecule has 0 unspecified atom stereocenters. The van der Waals surface area contributed by atoms with E-state index in [-0.39, 0.29) is 12.5 Å². The summed E-state index contributed by atoms with van der Waals surface area (Å²) in [5.41, 5.74) is 1.92. The summed E-state index contributed by atoms with van der Waals surface area (Å²) in [6.07, 6.45) is 9.88. The highest BCUT2D eigenvalue weighted by molar-refractivity contribution is 7.92. The van der Waals surface area contributed by atoms with Crippen LogP contribution < -0.4 is 14.4 Å². The van der Waals surface area contributed by atoms with Crippen molar-refractivity contribution in [3.63, 3.8) is 0 Å². The van der Waals surface area contributed by atoms with Gasteiger partial charge in [-0.3, -0.25) is 9.10 Å². The number of carbonyl (C=O) groups is 1. The van der Waals surface area contributed by atoms with E-state index in [0.717, 1.165) is 25.5 Å². The van der Waals surface area contributed by atoms with Gasteiger partial charge in [0.2, 0.25) is 15.9 Å². The molecule has 0 aliphatic heterocycles. The predicted molar refractivity (Wildman–Crippen MR) is 109 cm³/mol. The van der Waals surface area contributed by atoms with E-state index in [1.54, 1.807) is 24.3 Å².